The van der Waals surface area contributed by atoms with Gasteiger partial charge in [0.1, 0.15) is 12.2 Å². The molecule has 5 heteroatoms. The van der Waals surface area contributed by atoms with Gasteiger partial charge >= 0.3 is 5.97 Å². The SMILES string of the molecule is O=C1OC2(CC2O)[C@@H](O)[C@H]1O. The number of hydrogen-bond acceptors (Lipinski definition) is 5. The lowest BCUT2D eigenvalue weighted by molar-refractivity contribution is -0.149. The summed E-state index contributed by atoms with van der Waals surface area (Å²) in [4.78, 5) is 10.6. The number of aliphatic hydroxyl groups is 3. The lowest BCUT2D eigenvalue weighted by Gasteiger charge is -2.10. The highest BCUT2D eigenvalue weighted by Crippen LogP contribution is 2.48. The summed E-state index contributed by atoms with van der Waals surface area (Å²) in [5.41, 5.74) is -1.18. The van der Waals surface area contributed by atoms with E-state index in [0.717, 1.165) is 0 Å². The summed E-state index contributed by atoms with van der Waals surface area (Å²) in [6.45, 7) is 0. The van der Waals surface area contributed by atoms with Gasteiger partial charge in [-0.2, -0.15) is 0 Å². The Morgan fingerprint density at radius 1 is 1.45 bits per heavy atom. The molecule has 0 bridgehead atoms. The van der Waals surface area contributed by atoms with Crippen molar-refractivity contribution in [2.24, 2.45) is 0 Å². The normalized spacial score (nSPS) is 54.8. The summed E-state index contributed by atoms with van der Waals surface area (Å²) in [7, 11) is 0. The average Bonchev–Trinajstić information content (AvgIpc) is 2.54. The fraction of sp³-hybridized carbons (Fsp3) is 0.833. The van der Waals surface area contributed by atoms with Crippen molar-refractivity contribution >= 4 is 5.97 Å². The minimum absolute atomic E-state index is 0.219. The van der Waals surface area contributed by atoms with Crippen LogP contribution in [0.5, 0.6) is 0 Å². The van der Waals surface area contributed by atoms with Crippen molar-refractivity contribution in [3.05, 3.63) is 0 Å². The minimum atomic E-state index is -1.49. The molecule has 3 N–H and O–H groups in total. The van der Waals surface area contributed by atoms with E-state index in [1.165, 1.54) is 0 Å². The Balaban J connectivity index is 2.23. The molecule has 62 valence electrons. The van der Waals surface area contributed by atoms with E-state index >= 15 is 0 Å². The molecule has 1 spiro atoms. The van der Waals surface area contributed by atoms with Crippen LogP contribution in [0.25, 0.3) is 0 Å². The van der Waals surface area contributed by atoms with Crippen molar-refractivity contribution in [2.75, 3.05) is 0 Å². The fourth-order valence-electron chi connectivity index (χ4n) is 1.37. The maximum atomic E-state index is 10.6. The van der Waals surface area contributed by atoms with Crippen LogP contribution in [-0.4, -0.2) is 45.2 Å². The monoisotopic (exact) mass is 160 g/mol. The summed E-state index contributed by atoms with van der Waals surface area (Å²) < 4.78 is 4.61. The molecule has 1 heterocycles. The van der Waals surface area contributed by atoms with Gasteiger partial charge in [0.05, 0.1) is 0 Å². The summed E-state index contributed by atoms with van der Waals surface area (Å²) in [6, 6.07) is 0. The lowest BCUT2D eigenvalue weighted by Crippen LogP contribution is -2.34. The molecular weight excluding hydrogens is 152 g/mol. The molecule has 1 saturated heterocycles. The minimum Gasteiger partial charge on any atom is -0.451 e. The van der Waals surface area contributed by atoms with Gasteiger partial charge in [0, 0.05) is 6.42 Å². The van der Waals surface area contributed by atoms with Gasteiger partial charge in [-0.15, -0.1) is 0 Å². The quantitative estimate of drug-likeness (QED) is 0.349. The standard InChI is InChI=1S/C6H8O5/c7-2-1-6(2)4(9)3(8)5(10)11-6/h2-4,7-9H,1H2/t2?,3-,4+,6?/m1/s1. The molecule has 0 aromatic heterocycles. The largest absolute Gasteiger partial charge is 0.451 e. The number of hydrogen-bond donors (Lipinski definition) is 3. The Bertz CT molecular complexity index is 215. The number of aliphatic hydroxyl groups excluding tert-OH is 3. The van der Waals surface area contributed by atoms with E-state index in [2.05, 4.69) is 4.74 Å². The fourth-order valence-corrected chi connectivity index (χ4v) is 1.37. The Morgan fingerprint density at radius 3 is 2.18 bits per heavy atom. The van der Waals surface area contributed by atoms with E-state index in [4.69, 9.17) is 10.2 Å². The van der Waals surface area contributed by atoms with E-state index in [9.17, 15) is 9.90 Å². The van der Waals surface area contributed by atoms with E-state index < -0.39 is 29.9 Å². The van der Waals surface area contributed by atoms with Crippen LogP contribution in [0, 0.1) is 0 Å². The van der Waals surface area contributed by atoms with Crippen molar-refractivity contribution in [3.63, 3.8) is 0 Å². The second-order valence-electron chi connectivity index (χ2n) is 2.99. The third kappa shape index (κ3) is 0.675. The van der Waals surface area contributed by atoms with Crippen LogP contribution in [0.2, 0.25) is 0 Å². The zero-order valence-corrected chi connectivity index (χ0v) is 5.60. The molecule has 1 saturated carbocycles. The highest BCUT2D eigenvalue weighted by atomic mass is 16.6. The Morgan fingerprint density at radius 2 is 2.00 bits per heavy atom. The second kappa shape index (κ2) is 1.74. The van der Waals surface area contributed by atoms with Gasteiger partial charge in [0.15, 0.2) is 11.7 Å². The molecule has 0 radical (unpaired) electrons. The smallest absolute Gasteiger partial charge is 0.338 e. The maximum absolute atomic E-state index is 10.6. The van der Waals surface area contributed by atoms with Gasteiger partial charge in [0.2, 0.25) is 0 Å². The van der Waals surface area contributed by atoms with E-state index in [1.54, 1.807) is 0 Å². The Labute approximate surface area is 62.2 Å². The van der Waals surface area contributed by atoms with Crippen LogP contribution in [0.3, 0.4) is 0 Å². The molecule has 4 atom stereocenters. The molecule has 2 unspecified atom stereocenters. The van der Waals surface area contributed by atoms with Crippen LogP contribution in [0.15, 0.2) is 0 Å². The third-order valence-corrected chi connectivity index (χ3v) is 2.25. The molecule has 0 amide bonds. The second-order valence-corrected chi connectivity index (χ2v) is 2.99. The van der Waals surface area contributed by atoms with Crippen molar-refractivity contribution in [1.82, 2.24) is 0 Å². The Hall–Kier alpha value is -0.650. The van der Waals surface area contributed by atoms with Crippen molar-refractivity contribution in [3.8, 4) is 0 Å². The van der Waals surface area contributed by atoms with Crippen molar-refractivity contribution in [1.29, 1.82) is 0 Å². The molecule has 0 aromatic carbocycles. The molecule has 1 aliphatic heterocycles. The summed E-state index contributed by atoms with van der Waals surface area (Å²) in [5.74, 6) is -0.853. The van der Waals surface area contributed by atoms with Crippen LogP contribution >= 0.6 is 0 Å². The van der Waals surface area contributed by atoms with Gasteiger partial charge in [-0.25, -0.2) is 4.79 Å². The molecule has 1 aliphatic carbocycles. The first-order valence-electron chi connectivity index (χ1n) is 3.35. The molecule has 2 aliphatic rings. The molecular formula is C6H8O5. The van der Waals surface area contributed by atoms with Gasteiger partial charge in [-0.05, 0) is 0 Å². The summed E-state index contributed by atoms with van der Waals surface area (Å²) >= 11 is 0. The average molecular weight is 160 g/mol. The molecule has 2 fully saturated rings. The topological polar surface area (TPSA) is 87.0 Å². The summed E-state index contributed by atoms with van der Waals surface area (Å²) in [5, 5.41) is 27.1. The Kier molecular flexibility index (Phi) is 1.11. The molecule has 5 nitrogen and oxygen atoms in total. The zero-order chi connectivity index (χ0) is 8.22. The number of rotatable bonds is 0. The number of esters is 1. The van der Waals surface area contributed by atoms with Crippen LogP contribution < -0.4 is 0 Å². The highest BCUT2D eigenvalue weighted by molar-refractivity contribution is 5.79. The van der Waals surface area contributed by atoms with E-state index in [-0.39, 0.29) is 6.42 Å². The van der Waals surface area contributed by atoms with Crippen molar-refractivity contribution in [2.45, 2.75) is 30.3 Å². The first-order chi connectivity index (χ1) is 5.08. The van der Waals surface area contributed by atoms with E-state index in [0.29, 0.717) is 0 Å². The van der Waals surface area contributed by atoms with Gasteiger partial charge in [-0.1, -0.05) is 0 Å². The summed E-state index contributed by atoms with van der Waals surface area (Å²) in [6.07, 6.45) is -3.37. The third-order valence-electron chi connectivity index (χ3n) is 2.25. The van der Waals surface area contributed by atoms with Gasteiger partial charge < -0.3 is 20.1 Å². The molecule has 11 heavy (non-hydrogen) atoms. The van der Waals surface area contributed by atoms with E-state index in [1.807, 2.05) is 0 Å². The van der Waals surface area contributed by atoms with Crippen molar-refractivity contribution < 1.29 is 24.9 Å². The number of carbonyl (C=O) groups is 1. The maximum Gasteiger partial charge on any atom is 0.338 e. The zero-order valence-electron chi connectivity index (χ0n) is 5.60. The predicted octanol–water partition coefficient (Wildman–Crippen LogP) is -2.23. The predicted molar refractivity (Wildman–Crippen MR) is 31.5 cm³/mol. The van der Waals surface area contributed by atoms with Crippen LogP contribution in [-0.2, 0) is 9.53 Å². The number of carbonyl (C=O) groups excluding carboxylic acids is 1. The number of ether oxygens (including phenoxy) is 1. The van der Waals surface area contributed by atoms with Crippen LogP contribution in [0.4, 0.5) is 0 Å². The molecule has 2 rings (SSSR count). The van der Waals surface area contributed by atoms with Gasteiger partial charge in [-0.3, -0.25) is 0 Å². The lowest BCUT2D eigenvalue weighted by atomic mass is 10.1. The molecule has 0 aromatic rings. The highest BCUT2D eigenvalue weighted by Gasteiger charge is 2.69. The first-order valence-corrected chi connectivity index (χ1v) is 3.35. The van der Waals surface area contributed by atoms with Gasteiger partial charge in [0.25, 0.3) is 0 Å². The van der Waals surface area contributed by atoms with Crippen LogP contribution in [0.1, 0.15) is 6.42 Å². The first kappa shape index (κ1) is 7.02.